The predicted octanol–water partition coefficient (Wildman–Crippen LogP) is 13.3. The highest BCUT2D eigenvalue weighted by Crippen LogP contribution is 2.51. The fourth-order valence-electron chi connectivity index (χ4n) is 9.86. The molecule has 0 atom stereocenters. The molecule has 0 radical (unpaired) electrons. The standard InChI is InChI=1S/C55H39N5/c1-55(2)44-26-13-9-22-37(44)41-32-42-40-25-12-16-29-48(40)60(51(42)34-45(41)55)50-31-17-30-49(59-46-27-14-10-23-38(46)39-24-11-15-28-47(39)59)43(50)33-52-56-53(35-18-5-3-6-19-35)58-54(57-52)36-20-7-4-8-21-36/h3-32,34H,33H2,1-2H3. The minimum Gasteiger partial charge on any atom is -0.309 e. The van der Waals surface area contributed by atoms with E-state index in [9.17, 15) is 0 Å². The van der Waals surface area contributed by atoms with Crippen molar-refractivity contribution in [3.63, 3.8) is 0 Å². The Hall–Kier alpha value is -7.63. The zero-order valence-corrected chi connectivity index (χ0v) is 33.3. The van der Waals surface area contributed by atoms with Crippen molar-refractivity contribution in [1.29, 1.82) is 0 Å². The third-order valence-corrected chi connectivity index (χ3v) is 12.6. The molecule has 5 heteroatoms. The third-order valence-electron chi connectivity index (χ3n) is 12.6. The predicted molar refractivity (Wildman–Crippen MR) is 246 cm³/mol. The van der Waals surface area contributed by atoms with E-state index >= 15 is 0 Å². The van der Waals surface area contributed by atoms with Crippen molar-refractivity contribution in [1.82, 2.24) is 24.1 Å². The zero-order chi connectivity index (χ0) is 40.0. The molecule has 12 rings (SSSR count). The number of para-hydroxylation sites is 3. The van der Waals surface area contributed by atoms with Gasteiger partial charge in [-0.3, -0.25) is 0 Å². The van der Waals surface area contributed by atoms with E-state index in [1.165, 1.54) is 49.3 Å². The van der Waals surface area contributed by atoms with Gasteiger partial charge >= 0.3 is 0 Å². The molecule has 0 bridgehead atoms. The van der Waals surface area contributed by atoms with Crippen LogP contribution in [0.5, 0.6) is 0 Å². The van der Waals surface area contributed by atoms with Crippen molar-refractivity contribution in [2.45, 2.75) is 25.7 Å². The second-order valence-corrected chi connectivity index (χ2v) is 16.4. The van der Waals surface area contributed by atoms with E-state index in [4.69, 9.17) is 15.0 Å². The maximum absolute atomic E-state index is 5.27. The molecule has 3 heterocycles. The highest BCUT2D eigenvalue weighted by molar-refractivity contribution is 6.12. The third kappa shape index (κ3) is 5.15. The Morgan fingerprint density at radius 2 is 0.883 bits per heavy atom. The van der Waals surface area contributed by atoms with Crippen LogP contribution >= 0.6 is 0 Å². The highest BCUT2D eigenvalue weighted by atomic mass is 15.1. The van der Waals surface area contributed by atoms with Gasteiger partial charge in [0, 0.05) is 50.1 Å². The summed E-state index contributed by atoms with van der Waals surface area (Å²) in [5.74, 6) is 2.02. The van der Waals surface area contributed by atoms with E-state index in [0.717, 1.165) is 44.6 Å². The average Bonchev–Trinajstić information content (AvgIpc) is 3.89. The van der Waals surface area contributed by atoms with Crippen LogP contribution in [0.1, 0.15) is 36.4 Å². The smallest absolute Gasteiger partial charge is 0.163 e. The molecule has 3 aromatic heterocycles. The Balaban J connectivity index is 1.17. The number of benzene rings is 8. The Kier molecular flexibility index (Phi) is 7.57. The van der Waals surface area contributed by atoms with Crippen LogP contribution in [-0.4, -0.2) is 24.1 Å². The summed E-state index contributed by atoms with van der Waals surface area (Å²) in [6.45, 7) is 4.72. The van der Waals surface area contributed by atoms with Crippen molar-refractivity contribution in [3.05, 3.63) is 211 Å². The van der Waals surface area contributed by atoms with Crippen molar-refractivity contribution < 1.29 is 0 Å². The first-order valence-electron chi connectivity index (χ1n) is 20.7. The second-order valence-electron chi connectivity index (χ2n) is 16.4. The molecule has 5 nitrogen and oxygen atoms in total. The fraction of sp³-hybridized carbons (Fsp3) is 0.0727. The van der Waals surface area contributed by atoms with Gasteiger partial charge in [-0.25, -0.2) is 15.0 Å². The van der Waals surface area contributed by atoms with Gasteiger partial charge in [0.15, 0.2) is 11.6 Å². The van der Waals surface area contributed by atoms with Crippen molar-refractivity contribution in [2.24, 2.45) is 0 Å². The number of hydrogen-bond acceptors (Lipinski definition) is 3. The lowest BCUT2D eigenvalue weighted by Gasteiger charge is -2.22. The average molecular weight is 770 g/mol. The molecule has 0 saturated heterocycles. The van der Waals surface area contributed by atoms with Crippen LogP contribution in [0.4, 0.5) is 0 Å². The van der Waals surface area contributed by atoms with Gasteiger partial charge in [0.05, 0.1) is 33.4 Å². The number of nitrogens with zero attached hydrogens (tertiary/aromatic N) is 5. The van der Waals surface area contributed by atoms with E-state index in [1.54, 1.807) is 0 Å². The molecule has 60 heavy (non-hydrogen) atoms. The van der Waals surface area contributed by atoms with Gasteiger partial charge in [0.2, 0.25) is 0 Å². The molecule has 0 amide bonds. The van der Waals surface area contributed by atoms with E-state index < -0.39 is 0 Å². The quantitative estimate of drug-likeness (QED) is 0.169. The number of rotatable bonds is 6. The van der Waals surface area contributed by atoms with Gasteiger partial charge in [-0.1, -0.05) is 159 Å². The van der Waals surface area contributed by atoms with Crippen molar-refractivity contribution in [2.75, 3.05) is 0 Å². The van der Waals surface area contributed by atoms with E-state index in [2.05, 4.69) is 175 Å². The second kappa shape index (κ2) is 13.2. The van der Waals surface area contributed by atoms with Gasteiger partial charge in [0.1, 0.15) is 5.82 Å². The van der Waals surface area contributed by atoms with Crippen LogP contribution in [0.15, 0.2) is 188 Å². The molecule has 284 valence electrons. The summed E-state index contributed by atoms with van der Waals surface area (Å²) in [5.41, 5.74) is 15.1. The van der Waals surface area contributed by atoms with Crippen LogP contribution < -0.4 is 0 Å². The lowest BCUT2D eigenvalue weighted by molar-refractivity contribution is 0.661. The fourth-order valence-corrected chi connectivity index (χ4v) is 9.86. The lowest BCUT2D eigenvalue weighted by atomic mass is 9.82. The molecular weight excluding hydrogens is 731 g/mol. The first-order chi connectivity index (χ1) is 29.5. The first-order valence-corrected chi connectivity index (χ1v) is 20.7. The first kappa shape index (κ1) is 34.4. The molecule has 0 spiro atoms. The van der Waals surface area contributed by atoms with Gasteiger partial charge in [-0.15, -0.1) is 0 Å². The largest absolute Gasteiger partial charge is 0.309 e. The van der Waals surface area contributed by atoms with E-state index in [-0.39, 0.29) is 5.41 Å². The molecule has 1 aliphatic rings. The maximum atomic E-state index is 5.27. The molecule has 0 N–H and O–H groups in total. The molecule has 0 unspecified atom stereocenters. The molecule has 0 fully saturated rings. The Bertz CT molecular complexity index is 3370. The number of hydrogen-bond donors (Lipinski definition) is 0. The summed E-state index contributed by atoms with van der Waals surface area (Å²) >= 11 is 0. The monoisotopic (exact) mass is 769 g/mol. The van der Waals surface area contributed by atoms with Crippen LogP contribution in [0.2, 0.25) is 0 Å². The highest BCUT2D eigenvalue weighted by Gasteiger charge is 2.36. The summed E-state index contributed by atoms with van der Waals surface area (Å²) in [5, 5.41) is 4.90. The summed E-state index contributed by atoms with van der Waals surface area (Å²) in [4.78, 5) is 15.6. The van der Waals surface area contributed by atoms with Crippen LogP contribution in [0.25, 0.3) is 88.9 Å². The van der Waals surface area contributed by atoms with E-state index in [1.807, 2.05) is 36.4 Å². The normalized spacial score (nSPS) is 13.0. The molecule has 0 saturated carbocycles. The lowest BCUT2D eigenvalue weighted by Crippen LogP contribution is -2.15. The number of aromatic nitrogens is 5. The summed E-state index contributed by atoms with van der Waals surface area (Å²) in [7, 11) is 0. The van der Waals surface area contributed by atoms with Crippen molar-refractivity contribution >= 4 is 43.6 Å². The summed E-state index contributed by atoms with van der Waals surface area (Å²) < 4.78 is 4.93. The summed E-state index contributed by atoms with van der Waals surface area (Å²) in [6, 6.07) is 67.4. The van der Waals surface area contributed by atoms with Crippen molar-refractivity contribution in [3.8, 4) is 45.3 Å². The molecular formula is C55H39N5. The molecule has 0 aliphatic heterocycles. The van der Waals surface area contributed by atoms with Gasteiger partial charge in [-0.2, -0.15) is 0 Å². The Morgan fingerprint density at radius 1 is 0.400 bits per heavy atom. The van der Waals surface area contributed by atoms with Crippen LogP contribution in [0.3, 0.4) is 0 Å². The number of fused-ring (bicyclic) bond motifs is 9. The van der Waals surface area contributed by atoms with Gasteiger partial charge in [-0.05, 0) is 64.7 Å². The maximum Gasteiger partial charge on any atom is 0.163 e. The summed E-state index contributed by atoms with van der Waals surface area (Å²) in [6.07, 6.45) is 0.463. The van der Waals surface area contributed by atoms with Crippen LogP contribution in [0, 0.1) is 0 Å². The van der Waals surface area contributed by atoms with Crippen LogP contribution in [-0.2, 0) is 11.8 Å². The van der Waals surface area contributed by atoms with Gasteiger partial charge < -0.3 is 9.13 Å². The Morgan fingerprint density at radius 3 is 1.47 bits per heavy atom. The molecule has 11 aromatic rings. The molecule has 8 aromatic carbocycles. The topological polar surface area (TPSA) is 48.5 Å². The SMILES string of the molecule is CC1(C)c2ccccc2-c2cc3c4ccccc4n(-c4cccc(-n5c6ccccc6c6ccccc65)c4Cc4nc(-c5ccccc5)nc(-c5ccccc5)n4)c3cc21. The minimum absolute atomic E-state index is 0.151. The zero-order valence-electron chi connectivity index (χ0n) is 33.3. The van der Waals surface area contributed by atoms with E-state index in [0.29, 0.717) is 23.9 Å². The Labute approximate surface area is 347 Å². The minimum atomic E-state index is -0.151. The van der Waals surface area contributed by atoms with Gasteiger partial charge in [0.25, 0.3) is 0 Å². The molecule has 1 aliphatic carbocycles.